The average Bonchev–Trinajstić information content (AvgIpc) is 3.43. The van der Waals surface area contributed by atoms with Gasteiger partial charge in [-0.25, -0.2) is 4.68 Å². The number of rotatable bonds is 6. The minimum atomic E-state index is -1.02. The molecule has 0 saturated carbocycles. The number of anilines is 1. The molecule has 1 N–H and O–H groups in total. The molecule has 224 valence electrons. The Morgan fingerprint density at radius 1 is 0.867 bits per heavy atom. The van der Waals surface area contributed by atoms with Crippen LogP contribution in [0, 0.1) is 0 Å². The van der Waals surface area contributed by atoms with Crippen LogP contribution in [0.1, 0.15) is 33.6 Å². The summed E-state index contributed by atoms with van der Waals surface area (Å²) in [5, 5.41) is 8.56. The van der Waals surface area contributed by atoms with E-state index in [4.69, 9.17) is 9.94 Å². The summed E-state index contributed by atoms with van der Waals surface area (Å²) in [6, 6.07) is 15.2. The number of carbonyl (C=O) groups is 4. The second kappa shape index (κ2) is 11.5. The standard InChI is InChI=1S/C32H24BrN7O5/c33-26-18-39(36-29(26)20-11-13-34-14-12-20)21-3-6-23(7-4-21)45-38-16-2-1-15-37(19-38)22-5-8-24-25(17-22)32(44)40(31(24)43)27-9-10-28(41)35-30(27)42/h1-8,11-18,27H,9-10,19H2,(H,35,41,42). The highest BCUT2D eigenvalue weighted by Gasteiger charge is 2.44. The Balaban J connectivity index is 1.05. The van der Waals surface area contributed by atoms with E-state index in [1.807, 2.05) is 65.8 Å². The van der Waals surface area contributed by atoms with Crippen molar-refractivity contribution in [3.8, 4) is 22.7 Å². The number of allylic oxidation sites excluding steroid dienone is 2. The lowest BCUT2D eigenvalue weighted by atomic mass is 10.0. The molecule has 3 aliphatic rings. The van der Waals surface area contributed by atoms with E-state index in [-0.39, 0.29) is 30.6 Å². The van der Waals surface area contributed by atoms with Crippen LogP contribution in [0.4, 0.5) is 5.69 Å². The van der Waals surface area contributed by atoms with Crippen LogP contribution >= 0.6 is 15.9 Å². The third-order valence-electron chi connectivity index (χ3n) is 7.62. The minimum absolute atomic E-state index is 0.0630. The van der Waals surface area contributed by atoms with Gasteiger partial charge in [0.05, 0.1) is 21.3 Å². The van der Waals surface area contributed by atoms with Crippen LogP contribution < -0.4 is 15.1 Å². The lowest BCUT2D eigenvalue weighted by Crippen LogP contribution is -2.54. The Morgan fingerprint density at radius 2 is 1.60 bits per heavy atom. The fraction of sp³-hybridized carbons (Fsp3) is 0.125. The molecule has 1 atom stereocenters. The fourth-order valence-corrected chi connectivity index (χ4v) is 5.90. The van der Waals surface area contributed by atoms with Crippen molar-refractivity contribution in [2.24, 2.45) is 0 Å². The number of benzene rings is 2. The molecule has 1 saturated heterocycles. The topological polar surface area (TPSA) is 130 Å². The number of piperidine rings is 1. The summed E-state index contributed by atoms with van der Waals surface area (Å²) in [7, 11) is 0. The molecule has 0 bridgehead atoms. The van der Waals surface area contributed by atoms with Gasteiger partial charge in [-0.3, -0.25) is 34.4 Å². The van der Waals surface area contributed by atoms with E-state index in [1.54, 1.807) is 46.5 Å². The Bertz CT molecular complexity index is 1900. The van der Waals surface area contributed by atoms with Gasteiger partial charge in [0.2, 0.25) is 11.8 Å². The predicted molar refractivity (Wildman–Crippen MR) is 166 cm³/mol. The summed E-state index contributed by atoms with van der Waals surface area (Å²) in [5.74, 6) is -1.57. The molecule has 7 rings (SSSR count). The first-order chi connectivity index (χ1) is 21.9. The van der Waals surface area contributed by atoms with E-state index in [1.165, 1.54) is 0 Å². The SMILES string of the molecule is O=C1CCC(N2C(=O)c3ccc(N4C=CC=CN(Oc5ccc(-n6cc(Br)c(-c7ccncc7)n6)cc5)C4)cc3C2=O)C(=O)N1. The third-order valence-corrected chi connectivity index (χ3v) is 8.20. The van der Waals surface area contributed by atoms with Gasteiger partial charge in [-0.05, 0) is 89.1 Å². The van der Waals surface area contributed by atoms with Gasteiger partial charge in [0, 0.05) is 48.7 Å². The largest absolute Gasteiger partial charge is 0.378 e. The first-order valence-electron chi connectivity index (χ1n) is 14.0. The molecule has 2 aromatic heterocycles. The van der Waals surface area contributed by atoms with E-state index < -0.39 is 29.7 Å². The lowest BCUT2D eigenvalue weighted by Gasteiger charge is -2.28. The van der Waals surface area contributed by atoms with Crippen LogP contribution in [0.2, 0.25) is 0 Å². The molecule has 13 heteroatoms. The number of imide groups is 2. The quantitative estimate of drug-likeness (QED) is 0.301. The Hall–Kier alpha value is -5.56. The number of nitrogens with one attached hydrogen (secondary N) is 1. The summed E-state index contributed by atoms with van der Waals surface area (Å²) < 4.78 is 2.64. The van der Waals surface area contributed by atoms with Gasteiger partial charge in [0.1, 0.15) is 18.4 Å². The highest BCUT2D eigenvalue weighted by Crippen LogP contribution is 2.32. The van der Waals surface area contributed by atoms with Crippen molar-refractivity contribution < 1.29 is 24.0 Å². The fourth-order valence-electron chi connectivity index (χ4n) is 5.39. The van der Waals surface area contributed by atoms with Crippen LogP contribution in [-0.4, -0.2) is 61.1 Å². The molecule has 0 spiro atoms. The monoisotopic (exact) mass is 665 g/mol. The Kier molecular flexibility index (Phi) is 7.22. The van der Waals surface area contributed by atoms with Crippen molar-refractivity contribution in [1.29, 1.82) is 0 Å². The highest BCUT2D eigenvalue weighted by molar-refractivity contribution is 9.10. The maximum Gasteiger partial charge on any atom is 0.262 e. The van der Waals surface area contributed by atoms with Gasteiger partial charge >= 0.3 is 0 Å². The molecule has 4 amide bonds. The van der Waals surface area contributed by atoms with Gasteiger partial charge in [-0.15, -0.1) is 0 Å². The zero-order chi connectivity index (χ0) is 31.1. The minimum Gasteiger partial charge on any atom is -0.378 e. The zero-order valence-corrected chi connectivity index (χ0v) is 25.1. The van der Waals surface area contributed by atoms with E-state index in [0.717, 1.165) is 26.3 Å². The van der Waals surface area contributed by atoms with Crippen LogP contribution in [0.25, 0.3) is 16.9 Å². The number of hydrogen-bond acceptors (Lipinski definition) is 9. The first-order valence-corrected chi connectivity index (χ1v) is 14.8. The Morgan fingerprint density at radius 3 is 2.38 bits per heavy atom. The first kappa shape index (κ1) is 28.2. The maximum atomic E-state index is 13.3. The van der Waals surface area contributed by atoms with Gasteiger partial charge in [-0.2, -0.15) is 10.2 Å². The third kappa shape index (κ3) is 5.38. The normalized spacial score (nSPS) is 17.9. The number of carbonyl (C=O) groups excluding carboxylic acids is 4. The molecule has 0 radical (unpaired) electrons. The molecule has 12 nitrogen and oxygen atoms in total. The molecule has 0 aliphatic carbocycles. The summed E-state index contributed by atoms with van der Waals surface area (Å²) in [5.41, 5.74) is 3.68. The lowest BCUT2D eigenvalue weighted by molar-refractivity contribution is -0.136. The van der Waals surface area contributed by atoms with Crippen molar-refractivity contribution in [3.63, 3.8) is 0 Å². The van der Waals surface area contributed by atoms with Crippen LogP contribution in [-0.2, 0) is 9.59 Å². The number of amides is 4. The second-order valence-electron chi connectivity index (χ2n) is 10.5. The number of nitrogens with zero attached hydrogens (tertiary/aromatic N) is 6. The molecule has 5 heterocycles. The average molecular weight is 666 g/mol. The van der Waals surface area contributed by atoms with Gasteiger partial charge in [0.15, 0.2) is 5.75 Å². The van der Waals surface area contributed by atoms with Crippen LogP contribution in [0.15, 0.2) is 102 Å². The van der Waals surface area contributed by atoms with Crippen LogP contribution in [0.5, 0.6) is 5.75 Å². The van der Waals surface area contributed by atoms with Crippen molar-refractivity contribution in [2.75, 3.05) is 11.6 Å². The molecular weight excluding hydrogens is 642 g/mol. The van der Waals surface area contributed by atoms with Gasteiger partial charge < -0.3 is 9.74 Å². The zero-order valence-electron chi connectivity index (χ0n) is 23.5. The number of hydrogen-bond donors (Lipinski definition) is 1. The number of hydroxylamine groups is 2. The van der Waals surface area contributed by atoms with Gasteiger partial charge in [-0.1, -0.05) is 0 Å². The summed E-state index contributed by atoms with van der Waals surface area (Å²) in [6.45, 7) is 0.272. The highest BCUT2D eigenvalue weighted by atomic mass is 79.9. The van der Waals surface area contributed by atoms with E-state index >= 15 is 0 Å². The number of pyridine rings is 1. The van der Waals surface area contributed by atoms with E-state index in [0.29, 0.717) is 11.4 Å². The smallest absolute Gasteiger partial charge is 0.262 e. The predicted octanol–water partition coefficient (Wildman–Crippen LogP) is 4.20. The summed E-state index contributed by atoms with van der Waals surface area (Å²) >= 11 is 3.59. The maximum absolute atomic E-state index is 13.3. The molecule has 2 aromatic carbocycles. The van der Waals surface area contributed by atoms with Crippen molar-refractivity contribution in [3.05, 3.63) is 113 Å². The summed E-state index contributed by atoms with van der Waals surface area (Å²) in [4.78, 5) is 63.4. The molecule has 1 fully saturated rings. The van der Waals surface area contributed by atoms with Crippen molar-refractivity contribution in [1.82, 2.24) is 30.0 Å². The molecule has 1 unspecified atom stereocenters. The number of fused-ring (bicyclic) bond motifs is 1. The molecule has 45 heavy (non-hydrogen) atoms. The Labute approximate surface area is 265 Å². The van der Waals surface area contributed by atoms with Crippen molar-refractivity contribution in [2.45, 2.75) is 18.9 Å². The number of aromatic nitrogens is 3. The van der Waals surface area contributed by atoms with E-state index in [2.05, 4.69) is 26.2 Å². The van der Waals surface area contributed by atoms with Crippen molar-refractivity contribution >= 4 is 45.2 Å². The summed E-state index contributed by atoms with van der Waals surface area (Å²) in [6.07, 6.45) is 12.8. The second-order valence-corrected chi connectivity index (χ2v) is 11.3. The number of halogens is 1. The van der Waals surface area contributed by atoms with E-state index in [9.17, 15) is 19.2 Å². The molecular formula is C32H24BrN7O5. The van der Waals surface area contributed by atoms with Crippen LogP contribution in [0.3, 0.4) is 0 Å². The molecule has 4 aromatic rings. The van der Waals surface area contributed by atoms with Gasteiger partial charge in [0.25, 0.3) is 11.8 Å². The molecule has 3 aliphatic heterocycles.